The van der Waals surface area contributed by atoms with Gasteiger partial charge in [-0.2, -0.15) is 0 Å². The maximum absolute atomic E-state index is 12.6. The van der Waals surface area contributed by atoms with Crippen molar-refractivity contribution in [3.63, 3.8) is 0 Å². The Balaban J connectivity index is 1.84. The van der Waals surface area contributed by atoms with Gasteiger partial charge in [0.15, 0.2) is 0 Å². The molecule has 2 aromatic rings. The van der Waals surface area contributed by atoms with Crippen LogP contribution in [-0.4, -0.2) is 31.1 Å². The van der Waals surface area contributed by atoms with Gasteiger partial charge in [0.05, 0.1) is 29.6 Å². The fourth-order valence-corrected chi connectivity index (χ4v) is 4.68. The number of anilines is 1. The maximum Gasteiger partial charge on any atom is 0.341 e. The van der Waals surface area contributed by atoms with Gasteiger partial charge in [0.2, 0.25) is 5.91 Å². The van der Waals surface area contributed by atoms with Gasteiger partial charge < -0.3 is 15.0 Å². The number of thiophene rings is 1. The summed E-state index contributed by atoms with van der Waals surface area (Å²) in [4.78, 5) is 27.7. The molecule has 1 aliphatic heterocycles. The number of hydrogen-bond acceptors (Lipinski definition) is 4. The summed E-state index contributed by atoms with van der Waals surface area (Å²) in [7, 11) is 0. The number of ether oxygens (including phenoxy) is 1. The second kappa shape index (κ2) is 9.17. The molecule has 3 rings (SSSR count). The highest BCUT2D eigenvalue weighted by Gasteiger charge is 2.31. The van der Waals surface area contributed by atoms with Crippen LogP contribution in [0.5, 0.6) is 0 Å². The van der Waals surface area contributed by atoms with Crippen molar-refractivity contribution in [1.82, 2.24) is 0 Å². The molecule has 28 heavy (non-hydrogen) atoms. The SMILES string of the molecule is CCOC(=O)c1c(NC(=O)C=Cc2ccccc2)sc2c1CC[NH+](C(C)C)C2. The molecule has 6 heteroatoms. The van der Waals surface area contributed by atoms with Crippen molar-refractivity contribution < 1.29 is 19.2 Å². The Morgan fingerprint density at radius 3 is 2.71 bits per heavy atom. The molecule has 0 saturated carbocycles. The zero-order valence-electron chi connectivity index (χ0n) is 16.6. The zero-order valence-corrected chi connectivity index (χ0v) is 17.4. The van der Waals surface area contributed by atoms with E-state index in [1.165, 1.54) is 27.2 Å². The number of benzene rings is 1. The smallest absolute Gasteiger partial charge is 0.341 e. The predicted molar refractivity (Wildman–Crippen MR) is 113 cm³/mol. The Kier molecular flexibility index (Phi) is 6.65. The Bertz CT molecular complexity index is 871. The first-order chi connectivity index (χ1) is 13.5. The lowest BCUT2D eigenvalue weighted by atomic mass is 10.0. The van der Waals surface area contributed by atoms with Gasteiger partial charge in [0, 0.05) is 12.5 Å². The minimum atomic E-state index is -0.352. The number of carbonyl (C=O) groups excluding carboxylic acids is 2. The van der Waals surface area contributed by atoms with Crippen molar-refractivity contribution in [3.05, 3.63) is 58.0 Å². The summed E-state index contributed by atoms with van der Waals surface area (Å²) in [5.41, 5.74) is 2.52. The number of rotatable bonds is 6. The van der Waals surface area contributed by atoms with Gasteiger partial charge in [0.1, 0.15) is 11.5 Å². The highest BCUT2D eigenvalue weighted by atomic mass is 32.1. The first-order valence-electron chi connectivity index (χ1n) is 9.70. The monoisotopic (exact) mass is 399 g/mol. The molecule has 0 saturated heterocycles. The molecule has 2 heterocycles. The molecule has 148 valence electrons. The van der Waals surface area contributed by atoms with Gasteiger partial charge in [0.25, 0.3) is 0 Å². The minimum Gasteiger partial charge on any atom is -0.462 e. The first kappa shape index (κ1) is 20.3. The van der Waals surface area contributed by atoms with E-state index in [4.69, 9.17) is 4.74 Å². The van der Waals surface area contributed by atoms with Gasteiger partial charge in [-0.3, -0.25) is 4.79 Å². The quantitative estimate of drug-likeness (QED) is 0.580. The molecule has 1 amide bonds. The van der Waals surface area contributed by atoms with Crippen LogP contribution in [0.1, 0.15) is 47.1 Å². The van der Waals surface area contributed by atoms with E-state index < -0.39 is 0 Å². The Morgan fingerprint density at radius 1 is 1.29 bits per heavy atom. The second-order valence-electron chi connectivity index (χ2n) is 7.15. The summed E-state index contributed by atoms with van der Waals surface area (Å²) in [6.45, 7) is 8.37. The molecule has 1 unspecified atom stereocenters. The molecule has 0 spiro atoms. The van der Waals surface area contributed by atoms with E-state index in [-0.39, 0.29) is 11.9 Å². The Hall–Kier alpha value is -2.44. The van der Waals surface area contributed by atoms with Crippen LogP contribution in [0, 0.1) is 0 Å². The van der Waals surface area contributed by atoms with Gasteiger partial charge in [-0.1, -0.05) is 30.3 Å². The number of amides is 1. The Labute approximate surface area is 170 Å². The van der Waals surface area contributed by atoms with Crippen LogP contribution in [0.4, 0.5) is 5.00 Å². The topological polar surface area (TPSA) is 59.8 Å². The molecule has 1 aliphatic rings. The third-order valence-electron chi connectivity index (χ3n) is 4.93. The van der Waals surface area contributed by atoms with E-state index in [1.54, 1.807) is 13.0 Å². The summed E-state index contributed by atoms with van der Waals surface area (Å²) in [6.07, 6.45) is 4.08. The van der Waals surface area contributed by atoms with E-state index in [0.717, 1.165) is 30.6 Å². The van der Waals surface area contributed by atoms with E-state index in [0.29, 0.717) is 23.2 Å². The third-order valence-corrected chi connectivity index (χ3v) is 6.08. The molecule has 0 radical (unpaired) electrons. The summed E-state index contributed by atoms with van der Waals surface area (Å²) in [5.74, 6) is -0.601. The highest BCUT2D eigenvalue weighted by molar-refractivity contribution is 7.17. The fourth-order valence-electron chi connectivity index (χ4n) is 3.39. The number of esters is 1. The van der Waals surface area contributed by atoms with Crippen LogP contribution >= 0.6 is 11.3 Å². The normalized spacial score (nSPS) is 16.2. The van der Waals surface area contributed by atoms with Crippen molar-refractivity contribution in [2.75, 3.05) is 18.5 Å². The molecule has 0 fully saturated rings. The summed E-state index contributed by atoms with van der Waals surface area (Å²) < 4.78 is 5.27. The number of quaternary nitrogens is 1. The maximum atomic E-state index is 12.6. The summed E-state index contributed by atoms with van der Waals surface area (Å²) in [6, 6.07) is 10.2. The van der Waals surface area contributed by atoms with Gasteiger partial charge in [-0.25, -0.2) is 4.79 Å². The number of nitrogens with one attached hydrogen (secondary N) is 2. The van der Waals surface area contributed by atoms with Crippen LogP contribution in [0.25, 0.3) is 6.08 Å². The molecule has 2 N–H and O–H groups in total. The predicted octanol–water partition coefficient (Wildman–Crippen LogP) is 2.93. The zero-order chi connectivity index (χ0) is 20.1. The van der Waals surface area contributed by atoms with Crippen LogP contribution in [0.3, 0.4) is 0 Å². The third kappa shape index (κ3) is 4.69. The average molecular weight is 400 g/mol. The van der Waals surface area contributed by atoms with Crippen molar-refractivity contribution >= 4 is 34.3 Å². The van der Waals surface area contributed by atoms with Crippen molar-refractivity contribution in [2.24, 2.45) is 0 Å². The van der Waals surface area contributed by atoms with E-state index >= 15 is 0 Å². The molecule has 0 bridgehead atoms. The average Bonchev–Trinajstić information content (AvgIpc) is 3.04. The number of fused-ring (bicyclic) bond motifs is 1. The number of carbonyl (C=O) groups is 2. The molecular weight excluding hydrogens is 372 g/mol. The molecule has 5 nitrogen and oxygen atoms in total. The van der Waals surface area contributed by atoms with Gasteiger partial charge in [-0.15, -0.1) is 11.3 Å². The van der Waals surface area contributed by atoms with E-state index in [1.807, 2.05) is 30.3 Å². The standard InChI is InChI=1S/C22H26N2O3S/c1-4-27-22(26)20-17-12-13-24(15(2)3)14-18(17)28-21(20)23-19(25)11-10-16-8-6-5-7-9-16/h5-11,15H,4,12-14H2,1-3H3,(H,23,25)/p+1. The van der Waals surface area contributed by atoms with Crippen molar-refractivity contribution in [1.29, 1.82) is 0 Å². The lowest BCUT2D eigenvalue weighted by Crippen LogP contribution is -3.14. The number of hydrogen-bond donors (Lipinski definition) is 2. The molecule has 0 aliphatic carbocycles. The van der Waals surface area contributed by atoms with E-state index in [2.05, 4.69) is 19.2 Å². The molecule has 1 aromatic carbocycles. The van der Waals surface area contributed by atoms with Crippen molar-refractivity contribution in [2.45, 2.75) is 39.8 Å². The van der Waals surface area contributed by atoms with E-state index in [9.17, 15) is 9.59 Å². The first-order valence-corrected chi connectivity index (χ1v) is 10.5. The summed E-state index contributed by atoms with van der Waals surface area (Å²) in [5, 5.41) is 3.50. The molecule has 1 atom stereocenters. The second-order valence-corrected chi connectivity index (χ2v) is 8.26. The van der Waals surface area contributed by atoms with Crippen LogP contribution < -0.4 is 10.2 Å². The van der Waals surface area contributed by atoms with Gasteiger partial charge >= 0.3 is 5.97 Å². The van der Waals surface area contributed by atoms with Crippen LogP contribution in [0.2, 0.25) is 0 Å². The fraction of sp³-hybridized carbons (Fsp3) is 0.364. The molecule has 1 aromatic heterocycles. The lowest BCUT2D eigenvalue weighted by Gasteiger charge is -2.27. The lowest BCUT2D eigenvalue weighted by molar-refractivity contribution is -0.936. The minimum absolute atomic E-state index is 0.249. The Morgan fingerprint density at radius 2 is 2.04 bits per heavy atom. The highest BCUT2D eigenvalue weighted by Crippen LogP contribution is 2.35. The van der Waals surface area contributed by atoms with Crippen LogP contribution in [0.15, 0.2) is 36.4 Å². The van der Waals surface area contributed by atoms with Gasteiger partial charge in [-0.05, 0) is 38.0 Å². The largest absolute Gasteiger partial charge is 0.462 e. The van der Waals surface area contributed by atoms with Crippen LogP contribution in [-0.2, 0) is 22.5 Å². The molecular formula is C22H27N2O3S+. The van der Waals surface area contributed by atoms with Crippen molar-refractivity contribution in [3.8, 4) is 0 Å². The summed E-state index contributed by atoms with van der Waals surface area (Å²) >= 11 is 1.50.